The molecule has 29 heavy (non-hydrogen) atoms. The third kappa shape index (κ3) is 3.78. The molecule has 4 rings (SSSR count). The number of nitrogens with zero attached hydrogens (tertiary/aromatic N) is 4. The zero-order valence-electron chi connectivity index (χ0n) is 17.5. The van der Waals surface area contributed by atoms with Crippen LogP contribution in [-0.2, 0) is 17.8 Å². The SMILES string of the molecule is CNC(=O)N1CCN(c2nc(C3CCCCC3)c3c(c2C#N)CCOC3)CC1C. The van der Waals surface area contributed by atoms with Gasteiger partial charge in [0.15, 0.2) is 0 Å². The number of anilines is 1. The van der Waals surface area contributed by atoms with Crippen LogP contribution in [-0.4, -0.2) is 55.2 Å². The fourth-order valence-corrected chi connectivity index (χ4v) is 5.12. The highest BCUT2D eigenvalue weighted by atomic mass is 16.5. The summed E-state index contributed by atoms with van der Waals surface area (Å²) in [4.78, 5) is 21.3. The van der Waals surface area contributed by atoms with E-state index in [1.54, 1.807) is 7.05 Å². The van der Waals surface area contributed by atoms with Crippen molar-refractivity contribution in [3.8, 4) is 6.07 Å². The summed E-state index contributed by atoms with van der Waals surface area (Å²) in [5, 5.41) is 12.7. The summed E-state index contributed by atoms with van der Waals surface area (Å²) in [6, 6.07) is 2.48. The van der Waals surface area contributed by atoms with E-state index in [1.165, 1.54) is 37.7 Å². The van der Waals surface area contributed by atoms with Crippen molar-refractivity contribution >= 4 is 11.8 Å². The lowest BCUT2D eigenvalue weighted by atomic mass is 9.82. The first kappa shape index (κ1) is 20.0. The molecule has 1 N–H and O–H groups in total. The number of aromatic nitrogens is 1. The van der Waals surface area contributed by atoms with E-state index in [2.05, 4.69) is 23.2 Å². The van der Waals surface area contributed by atoms with E-state index in [0.29, 0.717) is 44.3 Å². The Morgan fingerprint density at radius 2 is 2.03 bits per heavy atom. The number of amides is 2. The van der Waals surface area contributed by atoms with E-state index < -0.39 is 0 Å². The first-order chi connectivity index (χ1) is 14.1. The van der Waals surface area contributed by atoms with Crippen molar-refractivity contribution < 1.29 is 9.53 Å². The molecule has 3 heterocycles. The first-order valence-electron chi connectivity index (χ1n) is 10.9. The monoisotopic (exact) mass is 397 g/mol. The van der Waals surface area contributed by atoms with Crippen LogP contribution in [0, 0.1) is 11.3 Å². The topological polar surface area (TPSA) is 81.5 Å². The smallest absolute Gasteiger partial charge is 0.317 e. The first-order valence-corrected chi connectivity index (χ1v) is 10.9. The van der Waals surface area contributed by atoms with Gasteiger partial charge < -0.3 is 19.9 Å². The van der Waals surface area contributed by atoms with Crippen LogP contribution in [0.4, 0.5) is 10.6 Å². The van der Waals surface area contributed by atoms with Crippen LogP contribution in [0.2, 0.25) is 0 Å². The minimum Gasteiger partial charge on any atom is -0.376 e. The Kier molecular flexibility index (Phi) is 5.91. The second kappa shape index (κ2) is 8.58. The van der Waals surface area contributed by atoms with Gasteiger partial charge in [-0.15, -0.1) is 0 Å². The van der Waals surface area contributed by atoms with Crippen molar-refractivity contribution in [2.45, 2.75) is 64.0 Å². The van der Waals surface area contributed by atoms with Crippen molar-refractivity contribution in [3.05, 3.63) is 22.4 Å². The summed E-state index contributed by atoms with van der Waals surface area (Å²) in [7, 11) is 1.67. The predicted molar refractivity (Wildman–Crippen MR) is 111 cm³/mol. The van der Waals surface area contributed by atoms with E-state index in [4.69, 9.17) is 9.72 Å². The predicted octanol–water partition coefficient (Wildman–Crippen LogP) is 2.92. The van der Waals surface area contributed by atoms with Crippen LogP contribution in [0.5, 0.6) is 0 Å². The Bertz CT molecular complexity index is 812. The molecule has 1 aliphatic carbocycles. The molecule has 2 amide bonds. The fourth-order valence-electron chi connectivity index (χ4n) is 5.12. The van der Waals surface area contributed by atoms with Gasteiger partial charge in [-0.2, -0.15) is 5.26 Å². The maximum Gasteiger partial charge on any atom is 0.317 e. The highest BCUT2D eigenvalue weighted by Crippen LogP contribution is 2.39. The molecule has 3 aliphatic rings. The van der Waals surface area contributed by atoms with Crippen molar-refractivity contribution in [2.24, 2.45) is 0 Å². The second-order valence-electron chi connectivity index (χ2n) is 8.45. The van der Waals surface area contributed by atoms with E-state index in [0.717, 1.165) is 23.5 Å². The van der Waals surface area contributed by atoms with Crippen LogP contribution in [0.1, 0.15) is 67.3 Å². The van der Waals surface area contributed by atoms with Gasteiger partial charge in [-0.05, 0) is 31.7 Å². The summed E-state index contributed by atoms with van der Waals surface area (Å²) in [6.45, 7) is 5.31. The Morgan fingerprint density at radius 3 is 2.72 bits per heavy atom. The normalized spacial score (nSPS) is 22.7. The Morgan fingerprint density at radius 1 is 1.24 bits per heavy atom. The molecule has 0 radical (unpaired) electrons. The average molecular weight is 398 g/mol. The number of rotatable bonds is 2. The van der Waals surface area contributed by atoms with Gasteiger partial charge in [-0.3, -0.25) is 0 Å². The molecule has 0 aromatic carbocycles. The number of hydrogen-bond acceptors (Lipinski definition) is 5. The molecule has 156 valence electrons. The van der Waals surface area contributed by atoms with Gasteiger partial charge >= 0.3 is 6.03 Å². The maximum atomic E-state index is 12.1. The van der Waals surface area contributed by atoms with E-state index in [1.807, 2.05) is 4.90 Å². The Labute approximate surface area is 173 Å². The molecule has 2 fully saturated rings. The summed E-state index contributed by atoms with van der Waals surface area (Å²) >= 11 is 0. The lowest BCUT2D eigenvalue weighted by Crippen LogP contribution is -2.56. The molecule has 0 bridgehead atoms. The van der Waals surface area contributed by atoms with Crippen LogP contribution in [0.15, 0.2) is 0 Å². The molecule has 1 unspecified atom stereocenters. The standard InChI is InChI=1S/C22H31N5O2/c1-15-13-26(9-10-27(15)22(28)24-2)21-18(12-23)17-8-11-29-14-19(17)20(25-21)16-6-4-3-5-7-16/h15-16H,3-11,13-14H2,1-2H3,(H,24,28). The van der Waals surface area contributed by atoms with Gasteiger partial charge in [0, 0.05) is 44.2 Å². The van der Waals surface area contributed by atoms with Crippen molar-refractivity contribution in [3.63, 3.8) is 0 Å². The average Bonchev–Trinajstić information content (AvgIpc) is 2.78. The summed E-state index contributed by atoms with van der Waals surface area (Å²) < 4.78 is 5.77. The van der Waals surface area contributed by atoms with E-state index in [9.17, 15) is 10.1 Å². The van der Waals surface area contributed by atoms with Crippen LogP contribution < -0.4 is 10.2 Å². The number of carbonyl (C=O) groups excluding carboxylic acids is 1. The Hall–Kier alpha value is -2.33. The van der Waals surface area contributed by atoms with Crippen molar-refractivity contribution in [1.29, 1.82) is 5.26 Å². The number of urea groups is 1. The number of piperazine rings is 1. The number of carbonyl (C=O) groups is 1. The van der Waals surface area contributed by atoms with Gasteiger partial charge in [0.1, 0.15) is 11.9 Å². The Balaban J connectivity index is 1.71. The van der Waals surface area contributed by atoms with E-state index >= 15 is 0 Å². The zero-order chi connectivity index (χ0) is 20.4. The van der Waals surface area contributed by atoms with Crippen molar-refractivity contribution in [1.82, 2.24) is 15.2 Å². The fraction of sp³-hybridized carbons (Fsp3) is 0.682. The molecule has 1 atom stereocenters. The number of hydrogen-bond donors (Lipinski definition) is 1. The zero-order valence-corrected chi connectivity index (χ0v) is 17.5. The third-order valence-corrected chi connectivity index (χ3v) is 6.67. The van der Waals surface area contributed by atoms with Gasteiger partial charge in [0.05, 0.1) is 24.5 Å². The maximum absolute atomic E-state index is 12.1. The molecular formula is C22H31N5O2. The third-order valence-electron chi connectivity index (χ3n) is 6.67. The molecule has 7 nitrogen and oxygen atoms in total. The number of pyridine rings is 1. The highest BCUT2D eigenvalue weighted by Gasteiger charge is 2.33. The molecule has 1 aromatic heterocycles. The molecule has 2 aliphatic heterocycles. The summed E-state index contributed by atoms with van der Waals surface area (Å²) in [5.74, 6) is 1.28. The molecular weight excluding hydrogens is 366 g/mol. The molecule has 0 spiro atoms. The van der Waals surface area contributed by atoms with Gasteiger partial charge in [-0.25, -0.2) is 9.78 Å². The number of ether oxygens (including phenoxy) is 1. The van der Waals surface area contributed by atoms with E-state index in [-0.39, 0.29) is 12.1 Å². The van der Waals surface area contributed by atoms with Crippen LogP contribution in [0.25, 0.3) is 0 Å². The lowest BCUT2D eigenvalue weighted by molar-refractivity contribution is 0.109. The second-order valence-corrected chi connectivity index (χ2v) is 8.45. The van der Waals surface area contributed by atoms with Gasteiger partial charge in [0.25, 0.3) is 0 Å². The molecule has 7 heteroatoms. The summed E-state index contributed by atoms with van der Waals surface area (Å²) in [6.07, 6.45) is 6.92. The van der Waals surface area contributed by atoms with Gasteiger partial charge in [-0.1, -0.05) is 19.3 Å². The lowest BCUT2D eigenvalue weighted by Gasteiger charge is -2.41. The molecule has 1 aromatic rings. The number of nitriles is 1. The van der Waals surface area contributed by atoms with Crippen molar-refractivity contribution in [2.75, 3.05) is 38.2 Å². The van der Waals surface area contributed by atoms with Crippen LogP contribution >= 0.6 is 0 Å². The molecule has 1 saturated heterocycles. The van der Waals surface area contributed by atoms with Gasteiger partial charge in [0.2, 0.25) is 0 Å². The highest BCUT2D eigenvalue weighted by molar-refractivity contribution is 5.74. The number of nitrogens with one attached hydrogen (secondary N) is 1. The largest absolute Gasteiger partial charge is 0.376 e. The summed E-state index contributed by atoms with van der Waals surface area (Å²) in [5.41, 5.74) is 4.18. The minimum atomic E-state index is -0.0453. The number of fused-ring (bicyclic) bond motifs is 1. The van der Waals surface area contributed by atoms with Crippen LogP contribution in [0.3, 0.4) is 0 Å². The molecule has 1 saturated carbocycles. The minimum absolute atomic E-state index is 0.0453. The quantitative estimate of drug-likeness (QED) is 0.830.